The van der Waals surface area contributed by atoms with Crippen LogP contribution in [-0.4, -0.2) is 0 Å². The normalized spacial score (nSPS) is 19.9. The minimum atomic E-state index is 0.0816. The average Bonchev–Trinajstić information content (AvgIpc) is 2.60. The van der Waals surface area contributed by atoms with Gasteiger partial charge in [0.1, 0.15) is 0 Å². The van der Waals surface area contributed by atoms with Crippen LogP contribution in [0.25, 0.3) is 0 Å². The van der Waals surface area contributed by atoms with E-state index in [1.165, 1.54) is 38.5 Å². The van der Waals surface area contributed by atoms with E-state index in [1.54, 1.807) is 0 Å². The fraction of sp³-hybridized carbons (Fsp3) is 0.571. The Labute approximate surface area is 117 Å². The van der Waals surface area contributed by atoms with E-state index in [4.69, 9.17) is 17.3 Å². The fourth-order valence-electron chi connectivity index (χ4n) is 2.70. The molecule has 1 saturated carbocycles. The lowest BCUT2D eigenvalue weighted by Crippen LogP contribution is -2.21. The van der Waals surface area contributed by atoms with Gasteiger partial charge in [-0.15, -0.1) is 0 Å². The molecule has 2 rings (SSSR count). The molecule has 1 fully saturated rings. The van der Waals surface area contributed by atoms with Crippen molar-refractivity contribution in [3.8, 4) is 0 Å². The highest BCUT2D eigenvalue weighted by Gasteiger charge is 2.23. The predicted molar refractivity (Wildman–Crippen MR) is 77.3 cm³/mol. The molecule has 0 bridgehead atoms. The lowest BCUT2D eigenvalue weighted by atomic mass is 9.88. The van der Waals surface area contributed by atoms with Gasteiger partial charge in [0, 0.05) is 10.5 Å². The summed E-state index contributed by atoms with van der Waals surface area (Å²) in [5, 5.41) is 0.782. The van der Waals surface area contributed by atoms with Crippen LogP contribution in [0.2, 0.25) is 5.02 Å². The smallest absolute Gasteiger partial charge is 0.0595 e. The van der Waals surface area contributed by atoms with Crippen LogP contribution in [0.3, 0.4) is 0 Å². The van der Waals surface area contributed by atoms with Crippen molar-refractivity contribution in [2.24, 2.45) is 11.7 Å². The van der Waals surface area contributed by atoms with Gasteiger partial charge in [-0.25, -0.2) is 0 Å². The van der Waals surface area contributed by atoms with Crippen LogP contribution in [0.15, 0.2) is 22.7 Å². The molecule has 94 valence electrons. The summed E-state index contributed by atoms with van der Waals surface area (Å²) in [4.78, 5) is 0. The molecule has 1 aliphatic rings. The summed E-state index contributed by atoms with van der Waals surface area (Å²) in [6.45, 7) is 0. The molecule has 1 atom stereocenters. The molecule has 0 amide bonds. The molecule has 1 aromatic rings. The van der Waals surface area contributed by atoms with Crippen LogP contribution < -0.4 is 5.73 Å². The monoisotopic (exact) mass is 315 g/mol. The SMILES string of the molecule is NC(c1cccc(Br)c1Cl)C1CCCCCC1. The van der Waals surface area contributed by atoms with Crippen LogP contribution in [0.5, 0.6) is 0 Å². The van der Waals surface area contributed by atoms with E-state index in [0.717, 1.165) is 15.1 Å². The Morgan fingerprint density at radius 3 is 2.47 bits per heavy atom. The summed E-state index contributed by atoms with van der Waals surface area (Å²) < 4.78 is 0.945. The molecule has 3 heteroatoms. The molecule has 0 aliphatic heterocycles. The Morgan fingerprint density at radius 2 is 1.82 bits per heavy atom. The van der Waals surface area contributed by atoms with E-state index in [-0.39, 0.29) is 6.04 Å². The first kappa shape index (κ1) is 13.4. The number of nitrogens with two attached hydrogens (primary N) is 1. The third-order valence-corrected chi connectivity index (χ3v) is 5.06. The second kappa shape index (κ2) is 6.21. The summed E-state index contributed by atoms with van der Waals surface area (Å²) in [6, 6.07) is 6.12. The second-order valence-electron chi connectivity index (χ2n) is 4.92. The maximum Gasteiger partial charge on any atom is 0.0595 e. The van der Waals surface area contributed by atoms with Crippen LogP contribution >= 0.6 is 27.5 Å². The Hall–Kier alpha value is -0.0500. The second-order valence-corrected chi connectivity index (χ2v) is 6.15. The van der Waals surface area contributed by atoms with Gasteiger partial charge in [0.05, 0.1) is 5.02 Å². The minimum absolute atomic E-state index is 0.0816. The number of hydrogen-bond acceptors (Lipinski definition) is 1. The third kappa shape index (κ3) is 3.24. The van der Waals surface area contributed by atoms with Crippen molar-refractivity contribution < 1.29 is 0 Å². The van der Waals surface area contributed by atoms with Crippen LogP contribution in [0.4, 0.5) is 0 Å². The number of halogens is 2. The van der Waals surface area contributed by atoms with Crippen molar-refractivity contribution in [3.05, 3.63) is 33.3 Å². The molecule has 1 aliphatic carbocycles. The number of hydrogen-bond donors (Lipinski definition) is 1. The van der Waals surface area contributed by atoms with Gasteiger partial charge in [-0.2, -0.15) is 0 Å². The van der Waals surface area contributed by atoms with Gasteiger partial charge >= 0.3 is 0 Å². The van der Waals surface area contributed by atoms with Crippen LogP contribution in [-0.2, 0) is 0 Å². The molecule has 0 saturated heterocycles. The molecule has 1 aromatic carbocycles. The summed E-state index contributed by atoms with van der Waals surface area (Å²) in [5.74, 6) is 0.587. The Morgan fingerprint density at radius 1 is 1.18 bits per heavy atom. The largest absolute Gasteiger partial charge is 0.324 e. The van der Waals surface area contributed by atoms with E-state index >= 15 is 0 Å². The van der Waals surface area contributed by atoms with Crippen molar-refractivity contribution in [2.75, 3.05) is 0 Å². The van der Waals surface area contributed by atoms with Crippen LogP contribution in [0, 0.1) is 5.92 Å². The first-order valence-corrected chi connectivity index (χ1v) is 7.56. The topological polar surface area (TPSA) is 26.0 Å². The predicted octanol–water partition coefficient (Wildman–Crippen LogP) is 5.07. The van der Waals surface area contributed by atoms with Gasteiger partial charge in [0.25, 0.3) is 0 Å². The molecule has 1 nitrogen and oxygen atoms in total. The molecule has 0 aromatic heterocycles. The maximum absolute atomic E-state index is 6.40. The first-order chi connectivity index (χ1) is 8.20. The van der Waals surface area contributed by atoms with E-state index in [9.17, 15) is 0 Å². The lowest BCUT2D eigenvalue weighted by Gasteiger charge is -2.24. The number of rotatable bonds is 2. The zero-order chi connectivity index (χ0) is 12.3. The molecule has 0 heterocycles. The van der Waals surface area contributed by atoms with Crippen molar-refractivity contribution in [3.63, 3.8) is 0 Å². The summed E-state index contributed by atoms with van der Waals surface area (Å²) in [5.41, 5.74) is 7.49. The quantitative estimate of drug-likeness (QED) is 0.757. The van der Waals surface area contributed by atoms with E-state index in [2.05, 4.69) is 22.0 Å². The van der Waals surface area contributed by atoms with Gasteiger partial charge in [-0.3, -0.25) is 0 Å². The van der Waals surface area contributed by atoms with E-state index < -0.39 is 0 Å². The van der Waals surface area contributed by atoms with E-state index in [0.29, 0.717) is 5.92 Å². The fourth-order valence-corrected chi connectivity index (χ4v) is 3.34. The molecule has 0 spiro atoms. The van der Waals surface area contributed by atoms with Gasteiger partial charge in [-0.05, 0) is 46.3 Å². The van der Waals surface area contributed by atoms with Gasteiger partial charge < -0.3 is 5.73 Å². The molecule has 2 N–H and O–H groups in total. The highest BCUT2D eigenvalue weighted by molar-refractivity contribution is 9.10. The molecule has 0 radical (unpaired) electrons. The van der Waals surface area contributed by atoms with Crippen molar-refractivity contribution in [1.82, 2.24) is 0 Å². The summed E-state index contributed by atoms with van der Waals surface area (Å²) >= 11 is 9.79. The summed E-state index contributed by atoms with van der Waals surface area (Å²) in [6.07, 6.45) is 7.81. The van der Waals surface area contributed by atoms with Gasteiger partial charge in [0.2, 0.25) is 0 Å². The highest BCUT2D eigenvalue weighted by atomic mass is 79.9. The zero-order valence-electron chi connectivity index (χ0n) is 9.96. The van der Waals surface area contributed by atoms with Gasteiger partial charge in [-0.1, -0.05) is 49.4 Å². The van der Waals surface area contributed by atoms with E-state index in [1.807, 2.05) is 12.1 Å². The lowest BCUT2D eigenvalue weighted by molar-refractivity contribution is 0.382. The Bertz CT molecular complexity index is 372. The molecular formula is C14H19BrClN. The van der Waals surface area contributed by atoms with Crippen molar-refractivity contribution >= 4 is 27.5 Å². The zero-order valence-corrected chi connectivity index (χ0v) is 12.3. The first-order valence-electron chi connectivity index (χ1n) is 6.39. The van der Waals surface area contributed by atoms with Crippen molar-refractivity contribution in [1.29, 1.82) is 0 Å². The standard InChI is InChI=1S/C14H19BrClN/c15-12-9-5-8-11(13(12)16)14(17)10-6-3-1-2-4-7-10/h5,8-10,14H,1-4,6-7,17H2. The molecular weight excluding hydrogens is 298 g/mol. The Balaban J connectivity index is 2.17. The number of benzene rings is 1. The highest BCUT2D eigenvalue weighted by Crippen LogP contribution is 2.37. The maximum atomic E-state index is 6.40. The third-order valence-electron chi connectivity index (χ3n) is 3.75. The molecule has 17 heavy (non-hydrogen) atoms. The summed E-state index contributed by atoms with van der Waals surface area (Å²) in [7, 11) is 0. The minimum Gasteiger partial charge on any atom is -0.324 e. The molecule has 1 unspecified atom stereocenters. The van der Waals surface area contributed by atoms with Gasteiger partial charge in [0.15, 0.2) is 0 Å². The van der Waals surface area contributed by atoms with Crippen molar-refractivity contribution in [2.45, 2.75) is 44.6 Å². The average molecular weight is 317 g/mol. The Kier molecular flexibility index (Phi) is 4.89. The van der Waals surface area contributed by atoms with Crippen LogP contribution in [0.1, 0.15) is 50.1 Å².